The Morgan fingerprint density at radius 1 is 1.17 bits per heavy atom. The average Bonchev–Trinajstić information content (AvgIpc) is 2.40. The molecule has 0 aromatic carbocycles. The number of hydrogen-bond acceptors (Lipinski definition) is 3. The Morgan fingerprint density at radius 2 is 1.78 bits per heavy atom. The first kappa shape index (κ1) is 13.8. The SMILES string of the molecule is CC(C)C(=O)N1CCC(CN2CCOCC2)CC1. The van der Waals surface area contributed by atoms with Crippen LogP contribution >= 0.6 is 0 Å². The van der Waals surface area contributed by atoms with Gasteiger partial charge in [0, 0.05) is 38.6 Å². The third-order valence-corrected chi connectivity index (χ3v) is 4.04. The van der Waals surface area contributed by atoms with Crippen LogP contribution in [0.5, 0.6) is 0 Å². The molecule has 18 heavy (non-hydrogen) atoms. The van der Waals surface area contributed by atoms with Crippen LogP contribution in [0.15, 0.2) is 0 Å². The summed E-state index contributed by atoms with van der Waals surface area (Å²) in [5.74, 6) is 1.22. The summed E-state index contributed by atoms with van der Waals surface area (Å²) >= 11 is 0. The third-order valence-electron chi connectivity index (χ3n) is 4.04. The van der Waals surface area contributed by atoms with Crippen molar-refractivity contribution in [1.29, 1.82) is 0 Å². The molecule has 0 aromatic rings. The molecule has 2 fully saturated rings. The van der Waals surface area contributed by atoms with Gasteiger partial charge in [-0.2, -0.15) is 0 Å². The quantitative estimate of drug-likeness (QED) is 0.759. The number of ether oxygens (including phenoxy) is 1. The van der Waals surface area contributed by atoms with Gasteiger partial charge in [-0.3, -0.25) is 9.69 Å². The van der Waals surface area contributed by atoms with Crippen molar-refractivity contribution in [3.05, 3.63) is 0 Å². The second-order valence-corrected chi connectivity index (χ2v) is 5.84. The predicted molar refractivity (Wildman–Crippen MR) is 71.4 cm³/mol. The molecule has 0 unspecified atom stereocenters. The van der Waals surface area contributed by atoms with Crippen molar-refractivity contribution in [3.8, 4) is 0 Å². The molecular weight excluding hydrogens is 228 g/mol. The molecule has 4 nitrogen and oxygen atoms in total. The van der Waals surface area contributed by atoms with Crippen molar-refractivity contribution in [1.82, 2.24) is 9.80 Å². The van der Waals surface area contributed by atoms with Gasteiger partial charge in [-0.15, -0.1) is 0 Å². The number of rotatable bonds is 3. The van der Waals surface area contributed by atoms with Crippen LogP contribution in [0.2, 0.25) is 0 Å². The first-order valence-electron chi connectivity index (χ1n) is 7.25. The van der Waals surface area contributed by atoms with Gasteiger partial charge in [0.05, 0.1) is 13.2 Å². The summed E-state index contributed by atoms with van der Waals surface area (Å²) < 4.78 is 5.37. The molecule has 2 rings (SSSR count). The zero-order valence-electron chi connectivity index (χ0n) is 11.7. The lowest BCUT2D eigenvalue weighted by molar-refractivity contribution is -0.136. The molecule has 2 heterocycles. The van der Waals surface area contributed by atoms with Crippen molar-refractivity contribution in [2.45, 2.75) is 26.7 Å². The minimum atomic E-state index is 0.140. The van der Waals surface area contributed by atoms with E-state index >= 15 is 0 Å². The summed E-state index contributed by atoms with van der Waals surface area (Å²) in [5, 5.41) is 0. The number of carbonyl (C=O) groups excluding carboxylic acids is 1. The number of amides is 1. The van der Waals surface area contributed by atoms with Gasteiger partial charge >= 0.3 is 0 Å². The van der Waals surface area contributed by atoms with E-state index in [1.165, 1.54) is 6.54 Å². The molecular formula is C14H26N2O2. The summed E-state index contributed by atoms with van der Waals surface area (Å²) in [6, 6.07) is 0. The molecule has 4 heteroatoms. The van der Waals surface area contributed by atoms with Crippen LogP contribution in [0.1, 0.15) is 26.7 Å². The van der Waals surface area contributed by atoms with E-state index < -0.39 is 0 Å². The van der Waals surface area contributed by atoms with Gasteiger partial charge in [0.1, 0.15) is 0 Å². The average molecular weight is 254 g/mol. The zero-order valence-corrected chi connectivity index (χ0v) is 11.7. The second kappa shape index (κ2) is 6.53. The van der Waals surface area contributed by atoms with Crippen LogP contribution in [0.25, 0.3) is 0 Å². The van der Waals surface area contributed by atoms with Crippen molar-refractivity contribution < 1.29 is 9.53 Å². The Hall–Kier alpha value is -0.610. The highest BCUT2D eigenvalue weighted by Gasteiger charge is 2.25. The number of morpholine rings is 1. The lowest BCUT2D eigenvalue weighted by Crippen LogP contribution is -2.45. The fourth-order valence-corrected chi connectivity index (χ4v) is 2.85. The Morgan fingerprint density at radius 3 is 2.33 bits per heavy atom. The number of likely N-dealkylation sites (tertiary alicyclic amines) is 1. The predicted octanol–water partition coefficient (Wildman–Crippen LogP) is 1.21. The standard InChI is InChI=1S/C14H26N2O2/c1-12(2)14(17)16-5-3-13(4-6-16)11-15-7-9-18-10-8-15/h12-13H,3-11H2,1-2H3. The Bertz CT molecular complexity index is 267. The highest BCUT2D eigenvalue weighted by molar-refractivity contribution is 5.78. The van der Waals surface area contributed by atoms with E-state index in [9.17, 15) is 4.79 Å². The largest absolute Gasteiger partial charge is 0.379 e. The molecule has 0 atom stereocenters. The lowest BCUT2D eigenvalue weighted by atomic mass is 9.95. The normalized spacial score (nSPS) is 23.6. The Kier molecular flexibility index (Phi) is 5.01. The number of piperidine rings is 1. The first-order chi connectivity index (χ1) is 8.66. The molecule has 0 spiro atoms. The lowest BCUT2D eigenvalue weighted by Gasteiger charge is -2.36. The van der Waals surface area contributed by atoms with E-state index in [1.54, 1.807) is 0 Å². The zero-order chi connectivity index (χ0) is 13.0. The van der Waals surface area contributed by atoms with E-state index in [4.69, 9.17) is 4.74 Å². The van der Waals surface area contributed by atoms with Crippen LogP contribution in [0.3, 0.4) is 0 Å². The molecule has 0 bridgehead atoms. The van der Waals surface area contributed by atoms with Crippen molar-refractivity contribution in [3.63, 3.8) is 0 Å². The van der Waals surface area contributed by atoms with E-state index in [-0.39, 0.29) is 5.92 Å². The van der Waals surface area contributed by atoms with E-state index in [2.05, 4.69) is 4.90 Å². The molecule has 104 valence electrons. The third kappa shape index (κ3) is 3.69. The summed E-state index contributed by atoms with van der Waals surface area (Å²) in [5.41, 5.74) is 0. The highest BCUT2D eigenvalue weighted by atomic mass is 16.5. The maximum Gasteiger partial charge on any atom is 0.225 e. The van der Waals surface area contributed by atoms with Crippen LogP contribution in [-0.4, -0.2) is 61.6 Å². The molecule has 2 aliphatic heterocycles. The van der Waals surface area contributed by atoms with Gasteiger partial charge in [0.25, 0.3) is 0 Å². The molecule has 0 saturated carbocycles. The number of hydrogen-bond donors (Lipinski definition) is 0. The summed E-state index contributed by atoms with van der Waals surface area (Å²) in [7, 11) is 0. The molecule has 0 aliphatic carbocycles. The minimum absolute atomic E-state index is 0.140. The fourth-order valence-electron chi connectivity index (χ4n) is 2.85. The van der Waals surface area contributed by atoms with Crippen LogP contribution in [-0.2, 0) is 9.53 Å². The topological polar surface area (TPSA) is 32.8 Å². The van der Waals surface area contributed by atoms with Crippen LogP contribution in [0, 0.1) is 11.8 Å². The molecule has 0 aromatic heterocycles. The maximum absolute atomic E-state index is 11.9. The van der Waals surface area contributed by atoms with Crippen molar-refractivity contribution in [2.75, 3.05) is 45.9 Å². The van der Waals surface area contributed by atoms with Crippen molar-refractivity contribution in [2.24, 2.45) is 11.8 Å². The van der Waals surface area contributed by atoms with E-state index in [0.29, 0.717) is 5.91 Å². The fraction of sp³-hybridized carbons (Fsp3) is 0.929. The molecule has 2 aliphatic rings. The molecule has 0 N–H and O–H groups in total. The van der Waals surface area contributed by atoms with Crippen molar-refractivity contribution >= 4 is 5.91 Å². The number of nitrogens with zero attached hydrogens (tertiary/aromatic N) is 2. The van der Waals surface area contributed by atoms with Gasteiger partial charge in [-0.25, -0.2) is 0 Å². The summed E-state index contributed by atoms with van der Waals surface area (Å²) in [6.07, 6.45) is 2.33. The highest BCUT2D eigenvalue weighted by Crippen LogP contribution is 2.20. The molecule has 1 amide bonds. The smallest absolute Gasteiger partial charge is 0.225 e. The maximum atomic E-state index is 11.9. The van der Waals surface area contributed by atoms with Gasteiger partial charge in [0.2, 0.25) is 5.91 Å². The van der Waals surface area contributed by atoms with Crippen LogP contribution in [0.4, 0.5) is 0 Å². The van der Waals surface area contributed by atoms with E-state index in [0.717, 1.165) is 58.2 Å². The van der Waals surface area contributed by atoms with Gasteiger partial charge in [-0.05, 0) is 18.8 Å². The Balaban J connectivity index is 1.71. The number of carbonyl (C=O) groups is 1. The Labute approximate surface area is 110 Å². The first-order valence-corrected chi connectivity index (χ1v) is 7.25. The molecule has 0 radical (unpaired) electrons. The monoisotopic (exact) mass is 254 g/mol. The van der Waals surface area contributed by atoms with Gasteiger partial charge in [0.15, 0.2) is 0 Å². The second-order valence-electron chi connectivity index (χ2n) is 5.84. The summed E-state index contributed by atoms with van der Waals surface area (Å²) in [4.78, 5) is 16.4. The van der Waals surface area contributed by atoms with Crippen LogP contribution < -0.4 is 0 Å². The molecule has 2 saturated heterocycles. The van der Waals surface area contributed by atoms with Gasteiger partial charge < -0.3 is 9.64 Å². The van der Waals surface area contributed by atoms with E-state index in [1.807, 2.05) is 18.7 Å². The summed E-state index contributed by atoms with van der Waals surface area (Å²) in [6.45, 7) is 11.0. The van der Waals surface area contributed by atoms with Gasteiger partial charge in [-0.1, -0.05) is 13.8 Å². The minimum Gasteiger partial charge on any atom is -0.379 e.